The van der Waals surface area contributed by atoms with Crippen molar-refractivity contribution >= 4 is 27.5 Å². The fourth-order valence-electron chi connectivity index (χ4n) is 1.52. The Hall–Kier alpha value is -0.0800. The summed E-state index contributed by atoms with van der Waals surface area (Å²) in [7, 11) is 0. The van der Waals surface area contributed by atoms with Gasteiger partial charge in [-0.15, -0.1) is 0 Å². The summed E-state index contributed by atoms with van der Waals surface area (Å²) < 4.78 is 13.2. The number of hydrogen-bond donors (Lipinski definition) is 0. The molecule has 1 unspecified atom stereocenters. The molecule has 1 atom stereocenters. The highest BCUT2D eigenvalue weighted by Crippen LogP contribution is 2.35. The highest BCUT2D eigenvalue weighted by molar-refractivity contribution is 9.09. The quantitative estimate of drug-likeness (QED) is 0.681. The molecule has 1 aromatic rings. The van der Waals surface area contributed by atoms with Gasteiger partial charge < -0.3 is 0 Å². The van der Waals surface area contributed by atoms with Gasteiger partial charge in [0.15, 0.2) is 0 Å². The van der Waals surface area contributed by atoms with E-state index in [0.717, 1.165) is 17.3 Å². The number of benzene rings is 1. The third kappa shape index (κ3) is 3.21. The zero-order chi connectivity index (χ0) is 12.3. The normalized spacial score (nSPS) is 15.2. The molecule has 0 amide bonds. The van der Waals surface area contributed by atoms with Crippen molar-refractivity contribution in [2.24, 2.45) is 11.3 Å². The molecule has 0 aliphatic carbocycles. The zero-order valence-corrected chi connectivity index (χ0v) is 12.2. The Morgan fingerprint density at radius 1 is 1.44 bits per heavy atom. The molecule has 0 fully saturated rings. The summed E-state index contributed by atoms with van der Waals surface area (Å²) in [5.74, 6) is 0.284. The van der Waals surface area contributed by atoms with Crippen LogP contribution in [0.4, 0.5) is 4.39 Å². The molecule has 90 valence electrons. The minimum absolute atomic E-state index is 0.0947. The number of rotatable bonds is 4. The minimum Gasteiger partial charge on any atom is -0.207 e. The van der Waals surface area contributed by atoms with Gasteiger partial charge in [-0.3, -0.25) is 0 Å². The van der Waals surface area contributed by atoms with Crippen molar-refractivity contribution in [3.63, 3.8) is 0 Å². The Morgan fingerprint density at radius 3 is 2.56 bits per heavy atom. The molecule has 3 heteroatoms. The van der Waals surface area contributed by atoms with Crippen LogP contribution in [-0.4, -0.2) is 5.33 Å². The molecular formula is C13H17BrClF. The SMILES string of the molecule is CC(C)C(C)(CBr)Cc1cc(F)ccc1Cl. The summed E-state index contributed by atoms with van der Waals surface area (Å²) in [6.07, 6.45) is 0.784. The topological polar surface area (TPSA) is 0 Å². The number of alkyl halides is 1. The van der Waals surface area contributed by atoms with Crippen molar-refractivity contribution in [1.29, 1.82) is 0 Å². The molecule has 0 N–H and O–H groups in total. The van der Waals surface area contributed by atoms with E-state index in [9.17, 15) is 4.39 Å². The Morgan fingerprint density at radius 2 is 2.06 bits per heavy atom. The van der Waals surface area contributed by atoms with E-state index in [-0.39, 0.29) is 11.2 Å². The summed E-state index contributed by atoms with van der Waals surface area (Å²) in [6, 6.07) is 4.56. The van der Waals surface area contributed by atoms with Crippen molar-refractivity contribution in [3.8, 4) is 0 Å². The van der Waals surface area contributed by atoms with E-state index in [1.165, 1.54) is 12.1 Å². The van der Waals surface area contributed by atoms with Crippen LogP contribution >= 0.6 is 27.5 Å². The monoisotopic (exact) mass is 306 g/mol. The van der Waals surface area contributed by atoms with Crippen LogP contribution in [0.25, 0.3) is 0 Å². The lowest BCUT2D eigenvalue weighted by atomic mass is 9.76. The van der Waals surface area contributed by atoms with Crippen LogP contribution in [0.15, 0.2) is 18.2 Å². The summed E-state index contributed by atoms with van der Waals surface area (Å²) >= 11 is 9.62. The molecule has 0 heterocycles. The van der Waals surface area contributed by atoms with Gasteiger partial charge in [0, 0.05) is 10.4 Å². The Bertz CT molecular complexity index is 365. The molecule has 0 aromatic heterocycles. The largest absolute Gasteiger partial charge is 0.207 e. The van der Waals surface area contributed by atoms with E-state index in [4.69, 9.17) is 11.6 Å². The lowest BCUT2D eigenvalue weighted by Crippen LogP contribution is -2.28. The molecule has 0 saturated carbocycles. The average molecular weight is 308 g/mol. The highest BCUT2D eigenvalue weighted by Gasteiger charge is 2.28. The zero-order valence-electron chi connectivity index (χ0n) is 9.86. The second-order valence-corrected chi connectivity index (χ2v) is 5.82. The van der Waals surface area contributed by atoms with Gasteiger partial charge in [0.05, 0.1) is 0 Å². The summed E-state index contributed by atoms with van der Waals surface area (Å²) in [5.41, 5.74) is 0.981. The van der Waals surface area contributed by atoms with Gasteiger partial charge in [-0.05, 0) is 41.5 Å². The van der Waals surface area contributed by atoms with Gasteiger partial charge in [0.2, 0.25) is 0 Å². The molecule has 0 bridgehead atoms. The van der Waals surface area contributed by atoms with Crippen LogP contribution < -0.4 is 0 Å². The Labute approximate surface area is 110 Å². The van der Waals surface area contributed by atoms with Crippen LogP contribution in [0.1, 0.15) is 26.3 Å². The van der Waals surface area contributed by atoms with Gasteiger partial charge in [-0.25, -0.2) is 4.39 Å². The minimum atomic E-state index is -0.222. The second kappa shape index (κ2) is 5.50. The molecule has 0 spiro atoms. The lowest BCUT2D eigenvalue weighted by molar-refractivity contribution is 0.257. The lowest BCUT2D eigenvalue weighted by Gasteiger charge is -2.32. The van der Waals surface area contributed by atoms with E-state index < -0.39 is 0 Å². The van der Waals surface area contributed by atoms with Crippen molar-refractivity contribution in [3.05, 3.63) is 34.6 Å². The van der Waals surface area contributed by atoms with Crippen LogP contribution in [-0.2, 0) is 6.42 Å². The van der Waals surface area contributed by atoms with Crippen molar-refractivity contribution in [1.82, 2.24) is 0 Å². The summed E-state index contributed by atoms with van der Waals surface area (Å²) in [6.45, 7) is 6.54. The standard InChI is InChI=1S/C13H17BrClF/c1-9(2)13(3,8-14)7-10-6-11(16)4-5-12(10)15/h4-6,9H,7-8H2,1-3H3. The molecule has 0 saturated heterocycles. The Kier molecular flexibility index (Phi) is 4.81. The van der Waals surface area contributed by atoms with Crippen molar-refractivity contribution < 1.29 is 4.39 Å². The van der Waals surface area contributed by atoms with Gasteiger partial charge in [-0.2, -0.15) is 0 Å². The maximum Gasteiger partial charge on any atom is 0.123 e. The van der Waals surface area contributed by atoms with Crippen molar-refractivity contribution in [2.45, 2.75) is 27.2 Å². The molecular weight excluding hydrogens is 290 g/mol. The van der Waals surface area contributed by atoms with Gasteiger partial charge in [-0.1, -0.05) is 48.3 Å². The molecule has 1 aromatic carbocycles. The molecule has 0 aliphatic rings. The first-order valence-electron chi connectivity index (χ1n) is 5.39. The first-order valence-corrected chi connectivity index (χ1v) is 6.89. The van der Waals surface area contributed by atoms with E-state index in [1.54, 1.807) is 6.07 Å². The predicted molar refractivity (Wildman–Crippen MR) is 71.9 cm³/mol. The maximum absolute atomic E-state index is 13.2. The number of halogens is 3. The first kappa shape index (κ1) is 14.0. The number of hydrogen-bond acceptors (Lipinski definition) is 0. The van der Waals surface area contributed by atoms with E-state index >= 15 is 0 Å². The fraction of sp³-hybridized carbons (Fsp3) is 0.538. The third-order valence-electron chi connectivity index (χ3n) is 3.30. The molecule has 0 aliphatic heterocycles. The fourth-order valence-corrected chi connectivity index (χ4v) is 2.55. The maximum atomic E-state index is 13.2. The van der Waals surface area contributed by atoms with Crippen LogP contribution in [0, 0.1) is 17.2 Å². The molecule has 1 rings (SSSR count). The molecule has 16 heavy (non-hydrogen) atoms. The van der Waals surface area contributed by atoms with E-state index in [2.05, 4.69) is 36.7 Å². The van der Waals surface area contributed by atoms with Gasteiger partial charge >= 0.3 is 0 Å². The summed E-state index contributed by atoms with van der Waals surface area (Å²) in [5, 5.41) is 1.53. The molecule has 0 radical (unpaired) electrons. The third-order valence-corrected chi connectivity index (χ3v) is 4.95. The smallest absolute Gasteiger partial charge is 0.123 e. The van der Waals surface area contributed by atoms with E-state index in [1.807, 2.05) is 0 Å². The van der Waals surface area contributed by atoms with Crippen molar-refractivity contribution in [2.75, 3.05) is 5.33 Å². The van der Waals surface area contributed by atoms with Crippen LogP contribution in [0.3, 0.4) is 0 Å². The second-order valence-electron chi connectivity index (χ2n) is 4.85. The molecule has 0 nitrogen and oxygen atoms in total. The van der Waals surface area contributed by atoms with Gasteiger partial charge in [0.1, 0.15) is 5.82 Å². The average Bonchev–Trinajstić information content (AvgIpc) is 2.23. The Balaban J connectivity index is 2.98. The van der Waals surface area contributed by atoms with E-state index in [0.29, 0.717) is 10.9 Å². The predicted octanol–water partition coefficient (Wildman–Crippen LogP) is 5.08. The first-order chi connectivity index (χ1) is 7.39. The van der Waals surface area contributed by atoms with Gasteiger partial charge in [0.25, 0.3) is 0 Å². The van der Waals surface area contributed by atoms with Crippen LogP contribution in [0.5, 0.6) is 0 Å². The highest BCUT2D eigenvalue weighted by atomic mass is 79.9. The van der Waals surface area contributed by atoms with Crippen LogP contribution in [0.2, 0.25) is 5.02 Å². The summed E-state index contributed by atoms with van der Waals surface area (Å²) in [4.78, 5) is 0.